The molecule has 34 heavy (non-hydrogen) atoms. The van der Waals surface area contributed by atoms with Gasteiger partial charge in [-0.3, -0.25) is 0 Å². The minimum Gasteiger partial charge on any atom is -0.494 e. The van der Waals surface area contributed by atoms with E-state index in [2.05, 4.69) is 20.6 Å². The van der Waals surface area contributed by atoms with Gasteiger partial charge < -0.3 is 24.7 Å². The summed E-state index contributed by atoms with van der Waals surface area (Å²) in [6.07, 6.45) is 3.36. The lowest BCUT2D eigenvalue weighted by molar-refractivity contribution is 0.0979. The number of nitrogens with zero attached hydrogens (tertiary/aromatic N) is 4. The van der Waals surface area contributed by atoms with Crippen LogP contribution in [0.25, 0.3) is 5.69 Å². The summed E-state index contributed by atoms with van der Waals surface area (Å²) in [6.45, 7) is 0.982. The highest BCUT2D eigenvalue weighted by Crippen LogP contribution is 2.36. The Labute approximate surface area is 206 Å². The number of hydrogen-bond acceptors (Lipinski definition) is 7. The van der Waals surface area contributed by atoms with Crippen LogP contribution in [0.15, 0.2) is 55.0 Å². The predicted molar refractivity (Wildman–Crippen MR) is 133 cm³/mol. The lowest BCUT2D eigenvalue weighted by Gasteiger charge is -2.27. The van der Waals surface area contributed by atoms with E-state index in [1.165, 1.54) is 0 Å². The van der Waals surface area contributed by atoms with Crippen molar-refractivity contribution >= 4 is 40.7 Å². The number of aromatic nitrogens is 4. The molecule has 0 spiro atoms. The van der Waals surface area contributed by atoms with Crippen LogP contribution >= 0.6 is 23.2 Å². The number of fused-ring (bicyclic) bond motifs is 1. The van der Waals surface area contributed by atoms with Gasteiger partial charge in [0.2, 0.25) is 5.95 Å². The molecule has 2 aromatic heterocycles. The van der Waals surface area contributed by atoms with Crippen molar-refractivity contribution in [1.29, 1.82) is 0 Å². The molecular weight excluding hydrogens is 475 g/mol. The van der Waals surface area contributed by atoms with Crippen molar-refractivity contribution in [3.8, 4) is 11.4 Å². The Morgan fingerprint density at radius 2 is 1.94 bits per heavy atom. The molecule has 2 N–H and O–H groups in total. The lowest BCUT2D eigenvalue weighted by Crippen LogP contribution is -2.22. The second-order valence-corrected chi connectivity index (χ2v) is 8.57. The molecule has 0 bridgehead atoms. The van der Waals surface area contributed by atoms with Gasteiger partial charge in [-0.15, -0.1) is 0 Å². The Morgan fingerprint density at radius 1 is 1.12 bits per heavy atom. The fourth-order valence-electron chi connectivity index (χ4n) is 4.03. The molecule has 1 atom stereocenters. The van der Waals surface area contributed by atoms with Crippen LogP contribution in [0.1, 0.15) is 22.7 Å². The normalized spacial score (nSPS) is 15.0. The maximum Gasteiger partial charge on any atom is 0.229 e. The molecule has 3 heterocycles. The largest absolute Gasteiger partial charge is 0.494 e. The van der Waals surface area contributed by atoms with Gasteiger partial charge in [0, 0.05) is 35.6 Å². The molecule has 4 aromatic rings. The zero-order valence-corrected chi connectivity index (χ0v) is 20.1. The smallest absolute Gasteiger partial charge is 0.229 e. The maximum atomic E-state index is 6.09. The average Bonchev–Trinajstić information content (AvgIpc) is 3.29. The standard InChI is InChI=1S/C24H22Cl2N6O2/c1-27-23-18-12-34-11-17(14-3-5-15(25)6-4-14)22(18)30-24(31-23)29-16-7-8-19(20(9-16)33-2)32-10-21(26)28-13-32/h3-10,13,17H,11-12H2,1-2H3,(H2,27,29,30,31). The van der Waals surface area contributed by atoms with Gasteiger partial charge in [-0.25, -0.2) is 9.97 Å². The first kappa shape index (κ1) is 22.5. The van der Waals surface area contributed by atoms with Gasteiger partial charge in [0.1, 0.15) is 23.0 Å². The molecule has 0 radical (unpaired) electrons. The SMILES string of the molecule is CNc1nc(Nc2ccc(-n3cnc(Cl)c3)c(OC)c2)nc2c1COCC2c1ccc(Cl)cc1. The van der Waals surface area contributed by atoms with Gasteiger partial charge in [0.25, 0.3) is 0 Å². The third-order valence-electron chi connectivity index (χ3n) is 5.67. The molecule has 1 unspecified atom stereocenters. The summed E-state index contributed by atoms with van der Waals surface area (Å²) >= 11 is 12.1. The molecule has 0 saturated heterocycles. The highest BCUT2D eigenvalue weighted by Gasteiger charge is 2.28. The van der Waals surface area contributed by atoms with Gasteiger partial charge in [-0.1, -0.05) is 35.3 Å². The van der Waals surface area contributed by atoms with Crippen molar-refractivity contribution in [3.05, 3.63) is 82.0 Å². The van der Waals surface area contributed by atoms with Gasteiger partial charge in [-0.05, 0) is 29.8 Å². The van der Waals surface area contributed by atoms with E-state index < -0.39 is 0 Å². The van der Waals surface area contributed by atoms with Gasteiger partial charge >= 0.3 is 0 Å². The molecule has 10 heteroatoms. The number of nitrogens with one attached hydrogen (secondary N) is 2. The monoisotopic (exact) mass is 496 g/mol. The minimum absolute atomic E-state index is 0.0282. The molecule has 5 rings (SSSR count). The molecular formula is C24H22Cl2N6O2. The number of ether oxygens (including phenoxy) is 2. The van der Waals surface area contributed by atoms with Crippen LogP contribution in [0.5, 0.6) is 5.75 Å². The lowest BCUT2D eigenvalue weighted by atomic mass is 9.91. The number of benzene rings is 2. The minimum atomic E-state index is -0.0282. The van der Waals surface area contributed by atoms with E-state index in [-0.39, 0.29) is 5.92 Å². The van der Waals surface area contributed by atoms with Crippen molar-refractivity contribution in [2.24, 2.45) is 0 Å². The summed E-state index contributed by atoms with van der Waals surface area (Å²) in [6, 6.07) is 13.5. The number of methoxy groups -OCH3 is 1. The number of imidazole rings is 1. The van der Waals surface area contributed by atoms with E-state index >= 15 is 0 Å². The van der Waals surface area contributed by atoms with Crippen LogP contribution in [0.4, 0.5) is 17.5 Å². The Hall–Kier alpha value is -3.33. The quantitative estimate of drug-likeness (QED) is 0.368. The molecule has 2 aromatic carbocycles. The second-order valence-electron chi connectivity index (χ2n) is 7.74. The van der Waals surface area contributed by atoms with Crippen LogP contribution in [-0.2, 0) is 11.3 Å². The zero-order chi connectivity index (χ0) is 23.7. The summed E-state index contributed by atoms with van der Waals surface area (Å²) < 4.78 is 13.3. The summed E-state index contributed by atoms with van der Waals surface area (Å²) in [5.41, 5.74) is 4.55. The first-order valence-electron chi connectivity index (χ1n) is 10.6. The molecule has 8 nitrogen and oxygen atoms in total. The van der Waals surface area contributed by atoms with E-state index in [1.807, 2.05) is 49.5 Å². The Morgan fingerprint density at radius 3 is 2.65 bits per heavy atom. The van der Waals surface area contributed by atoms with E-state index in [9.17, 15) is 0 Å². The van der Waals surface area contributed by atoms with Crippen molar-refractivity contribution in [2.75, 3.05) is 31.4 Å². The van der Waals surface area contributed by atoms with E-state index in [1.54, 1.807) is 24.2 Å². The highest BCUT2D eigenvalue weighted by molar-refractivity contribution is 6.30. The van der Waals surface area contributed by atoms with Crippen LogP contribution in [0, 0.1) is 0 Å². The fraction of sp³-hybridized carbons (Fsp3) is 0.208. The maximum absolute atomic E-state index is 6.09. The van der Waals surface area contributed by atoms with Crippen molar-refractivity contribution in [3.63, 3.8) is 0 Å². The molecule has 0 saturated carbocycles. The third kappa shape index (κ3) is 4.40. The topological polar surface area (TPSA) is 86.1 Å². The molecule has 0 aliphatic carbocycles. The van der Waals surface area contributed by atoms with Gasteiger partial charge in [0.15, 0.2) is 0 Å². The van der Waals surface area contributed by atoms with E-state index in [4.69, 9.17) is 37.7 Å². The van der Waals surface area contributed by atoms with Crippen molar-refractivity contribution in [2.45, 2.75) is 12.5 Å². The molecule has 1 aliphatic heterocycles. The van der Waals surface area contributed by atoms with Crippen LogP contribution in [0.3, 0.4) is 0 Å². The predicted octanol–water partition coefficient (Wildman–Crippen LogP) is 5.43. The second kappa shape index (κ2) is 9.50. The van der Waals surface area contributed by atoms with Crippen LogP contribution in [0.2, 0.25) is 10.2 Å². The van der Waals surface area contributed by atoms with E-state index in [0.29, 0.717) is 35.1 Å². The van der Waals surface area contributed by atoms with Crippen molar-refractivity contribution < 1.29 is 9.47 Å². The number of halogens is 2. The summed E-state index contributed by atoms with van der Waals surface area (Å²) in [5.74, 6) is 1.82. The molecule has 0 amide bonds. The van der Waals surface area contributed by atoms with Gasteiger partial charge in [0.05, 0.1) is 37.6 Å². The summed E-state index contributed by atoms with van der Waals surface area (Å²) in [4.78, 5) is 13.6. The molecule has 1 aliphatic rings. The third-order valence-corrected chi connectivity index (χ3v) is 6.12. The van der Waals surface area contributed by atoms with E-state index in [0.717, 1.165) is 34.0 Å². The summed E-state index contributed by atoms with van der Waals surface area (Å²) in [7, 11) is 3.46. The van der Waals surface area contributed by atoms with Crippen LogP contribution < -0.4 is 15.4 Å². The Bertz CT molecular complexity index is 1330. The summed E-state index contributed by atoms with van der Waals surface area (Å²) in [5, 5.41) is 7.59. The fourth-order valence-corrected chi connectivity index (χ4v) is 4.30. The molecule has 0 fully saturated rings. The average molecular weight is 497 g/mol. The first-order chi connectivity index (χ1) is 16.6. The van der Waals surface area contributed by atoms with Gasteiger partial charge in [-0.2, -0.15) is 4.98 Å². The number of anilines is 3. The molecule has 174 valence electrons. The first-order valence-corrected chi connectivity index (χ1v) is 11.4. The Balaban J connectivity index is 1.50. The number of rotatable bonds is 6. The Kier molecular flexibility index (Phi) is 6.28. The highest BCUT2D eigenvalue weighted by atomic mass is 35.5. The number of hydrogen-bond donors (Lipinski definition) is 2. The van der Waals surface area contributed by atoms with Crippen molar-refractivity contribution in [1.82, 2.24) is 19.5 Å². The zero-order valence-electron chi connectivity index (χ0n) is 18.5. The van der Waals surface area contributed by atoms with Crippen LogP contribution in [-0.4, -0.2) is 40.3 Å².